The number of carbonyl (C=O) groups is 1. The Kier molecular flexibility index (Phi) is 4.74. The predicted octanol–water partition coefficient (Wildman–Crippen LogP) is 2.19. The van der Waals surface area contributed by atoms with Crippen LogP contribution in [0.25, 0.3) is 0 Å². The number of hydrogen-bond acceptors (Lipinski definition) is 3. The van der Waals surface area contributed by atoms with Crippen molar-refractivity contribution in [3.8, 4) is 0 Å². The normalized spacial score (nSPS) is 19.1. The summed E-state index contributed by atoms with van der Waals surface area (Å²) < 4.78 is 10.7. The fourth-order valence-electron chi connectivity index (χ4n) is 1.63. The molecule has 15 heavy (non-hydrogen) atoms. The van der Waals surface area contributed by atoms with E-state index in [9.17, 15) is 4.79 Å². The molecule has 0 aromatic heterocycles. The molecule has 0 bridgehead atoms. The third-order valence-electron chi connectivity index (χ3n) is 2.52. The van der Waals surface area contributed by atoms with Gasteiger partial charge in [-0.1, -0.05) is 0 Å². The molecule has 0 unspecified atom stereocenters. The van der Waals surface area contributed by atoms with Crippen molar-refractivity contribution in [1.29, 1.82) is 0 Å². The van der Waals surface area contributed by atoms with E-state index in [1.165, 1.54) is 0 Å². The molecule has 0 N–H and O–H groups in total. The van der Waals surface area contributed by atoms with Gasteiger partial charge in [0, 0.05) is 19.6 Å². The van der Waals surface area contributed by atoms with Gasteiger partial charge in [0.25, 0.3) is 0 Å². The Bertz CT molecular complexity index is 199. The minimum Gasteiger partial charge on any atom is -0.381 e. The highest BCUT2D eigenvalue weighted by atomic mass is 16.5. The maximum absolute atomic E-state index is 11.6. The number of Topliss-reactive ketones (excluding diaryl/α,β-unsaturated/α-hetero) is 1. The average Bonchev–Trinajstić information content (AvgIpc) is 2.15. The fourth-order valence-corrected chi connectivity index (χ4v) is 1.63. The first-order valence-corrected chi connectivity index (χ1v) is 5.71. The molecule has 1 fully saturated rings. The maximum atomic E-state index is 11.6. The SMILES string of the molecule is CC(C)(C)OCC(=O)CC1CCOCC1. The van der Waals surface area contributed by atoms with Gasteiger partial charge in [-0.2, -0.15) is 0 Å². The van der Waals surface area contributed by atoms with Gasteiger partial charge in [-0.3, -0.25) is 4.79 Å². The van der Waals surface area contributed by atoms with Gasteiger partial charge in [-0.05, 0) is 39.5 Å². The molecule has 0 aromatic carbocycles. The molecule has 1 aliphatic heterocycles. The van der Waals surface area contributed by atoms with Crippen LogP contribution in [0.15, 0.2) is 0 Å². The van der Waals surface area contributed by atoms with Crippen LogP contribution >= 0.6 is 0 Å². The van der Waals surface area contributed by atoms with E-state index < -0.39 is 0 Å². The zero-order valence-corrected chi connectivity index (χ0v) is 10.0. The zero-order chi connectivity index (χ0) is 11.3. The first-order valence-electron chi connectivity index (χ1n) is 5.71. The monoisotopic (exact) mass is 214 g/mol. The highest BCUT2D eigenvalue weighted by molar-refractivity contribution is 5.79. The highest BCUT2D eigenvalue weighted by Crippen LogP contribution is 2.19. The fraction of sp³-hybridized carbons (Fsp3) is 0.917. The Morgan fingerprint density at radius 2 is 1.93 bits per heavy atom. The molecule has 3 heteroatoms. The van der Waals surface area contributed by atoms with Crippen LogP contribution in [0.4, 0.5) is 0 Å². The summed E-state index contributed by atoms with van der Waals surface area (Å²) in [5.41, 5.74) is -0.217. The van der Waals surface area contributed by atoms with Gasteiger partial charge >= 0.3 is 0 Å². The van der Waals surface area contributed by atoms with Crippen molar-refractivity contribution in [2.75, 3.05) is 19.8 Å². The Morgan fingerprint density at radius 1 is 1.33 bits per heavy atom. The van der Waals surface area contributed by atoms with E-state index in [0.29, 0.717) is 12.3 Å². The molecule has 1 heterocycles. The van der Waals surface area contributed by atoms with Crippen LogP contribution < -0.4 is 0 Å². The Morgan fingerprint density at radius 3 is 2.47 bits per heavy atom. The molecule has 0 spiro atoms. The van der Waals surface area contributed by atoms with E-state index in [2.05, 4.69) is 0 Å². The quantitative estimate of drug-likeness (QED) is 0.719. The second-order valence-electron chi connectivity index (χ2n) is 5.20. The number of rotatable bonds is 4. The van der Waals surface area contributed by atoms with Crippen LogP contribution in [0, 0.1) is 5.92 Å². The minimum absolute atomic E-state index is 0.217. The van der Waals surface area contributed by atoms with E-state index in [-0.39, 0.29) is 18.0 Å². The summed E-state index contributed by atoms with van der Waals surface area (Å²) in [5, 5.41) is 0. The van der Waals surface area contributed by atoms with Gasteiger partial charge in [-0.15, -0.1) is 0 Å². The summed E-state index contributed by atoms with van der Waals surface area (Å²) in [4.78, 5) is 11.6. The van der Waals surface area contributed by atoms with Gasteiger partial charge in [-0.25, -0.2) is 0 Å². The second-order valence-corrected chi connectivity index (χ2v) is 5.20. The lowest BCUT2D eigenvalue weighted by Gasteiger charge is -2.23. The molecule has 88 valence electrons. The van der Waals surface area contributed by atoms with E-state index in [0.717, 1.165) is 26.1 Å². The first-order chi connectivity index (χ1) is 6.97. The largest absolute Gasteiger partial charge is 0.381 e. The lowest BCUT2D eigenvalue weighted by atomic mass is 9.94. The van der Waals surface area contributed by atoms with E-state index in [1.54, 1.807) is 0 Å². The lowest BCUT2D eigenvalue weighted by molar-refractivity contribution is -0.130. The molecule has 0 saturated carbocycles. The lowest BCUT2D eigenvalue weighted by Crippen LogP contribution is -2.26. The molecule has 0 amide bonds. The Balaban J connectivity index is 2.17. The van der Waals surface area contributed by atoms with Crippen molar-refractivity contribution in [2.45, 2.75) is 45.6 Å². The number of carbonyl (C=O) groups excluding carboxylic acids is 1. The summed E-state index contributed by atoms with van der Waals surface area (Å²) in [6, 6.07) is 0. The smallest absolute Gasteiger partial charge is 0.158 e. The maximum Gasteiger partial charge on any atom is 0.158 e. The molecule has 1 rings (SSSR count). The van der Waals surface area contributed by atoms with Gasteiger partial charge in [0.1, 0.15) is 6.61 Å². The van der Waals surface area contributed by atoms with Gasteiger partial charge in [0.2, 0.25) is 0 Å². The van der Waals surface area contributed by atoms with Crippen molar-refractivity contribution in [1.82, 2.24) is 0 Å². The van der Waals surface area contributed by atoms with Crippen LogP contribution in [-0.2, 0) is 14.3 Å². The standard InChI is InChI=1S/C12H22O3/c1-12(2,3)15-9-11(13)8-10-4-6-14-7-5-10/h10H,4-9H2,1-3H3. The third-order valence-corrected chi connectivity index (χ3v) is 2.52. The van der Waals surface area contributed by atoms with Gasteiger partial charge in [0.05, 0.1) is 5.60 Å². The Labute approximate surface area is 92.1 Å². The third kappa shape index (κ3) is 5.90. The molecule has 0 aliphatic carbocycles. The van der Waals surface area contributed by atoms with Crippen molar-refractivity contribution < 1.29 is 14.3 Å². The minimum atomic E-state index is -0.217. The topological polar surface area (TPSA) is 35.5 Å². The summed E-state index contributed by atoms with van der Waals surface area (Å²) in [6.07, 6.45) is 2.68. The number of ketones is 1. The average molecular weight is 214 g/mol. The highest BCUT2D eigenvalue weighted by Gasteiger charge is 2.19. The molecule has 0 radical (unpaired) electrons. The van der Waals surface area contributed by atoms with Crippen molar-refractivity contribution in [2.24, 2.45) is 5.92 Å². The molecule has 0 atom stereocenters. The van der Waals surface area contributed by atoms with E-state index in [1.807, 2.05) is 20.8 Å². The van der Waals surface area contributed by atoms with Crippen molar-refractivity contribution >= 4 is 5.78 Å². The van der Waals surface area contributed by atoms with Gasteiger partial charge < -0.3 is 9.47 Å². The molecule has 0 aromatic rings. The zero-order valence-electron chi connectivity index (χ0n) is 10.0. The predicted molar refractivity (Wildman–Crippen MR) is 58.9 cm³/mol. The Hall–Kier alpha value is -0.410. The summed E-state index contributed by atoms with van der Waals surface area (Å²) in [5.74, 6) is 0.728. The van der Waals surface area contributed by atoms with E-state index >= 15 is 0 Å². The summed E-state index contributed by atoms with van der Waals surface area (Å²) in [6.45, 7) is 7.76. The number of hydrogen-bond donors (Lipinski definition) is 0. The first kappa shape index (κ1) is 12.7. The summed E-state index contributed by atoms with van der Waals surface area (Å²) in [7, 11) is 0. The molecular weight excluding hydrogens is 192 g/mol. The second kappa shape index (κ2) is 5.61. The molecular formula is C12H22O3. The van der Waals surface area contributed by atoms with E-state index in [4.69, 9.17) is 9.47 Å². The van der Waals surface area contributed by atoms with Crippen molar-refractivity contribution in [3.05, 3.63) is 0 Å². The molecule has 3 nitrogen and oxygen atoms in total. The summed E-state index contributed by atoms with van der Waals surface area (Å²) >= 11 is 0. The molecule has 1 saturated heterocycles. The number of ether oxygens (including phenoxy) is 2. The molecule has 1 aliphatic rings. The van der Waals surface area contributed by atoms with Crippen LogP contribution in [0.5, 0.6) is 0 Å². The van der Waals surface area contributed by atoms with Crippen LogP contribution in [-0.4, -0.2) is 31.2 Å². The van der Waals surface area contributed by atoms with Crippen LogP contribution in [0.2, 0.25) is 0 Å². The van der Waals surface area contributed by atoms with Crippen molar-refractivity contribution in [3.63, 3.8) is 0 Å². The van der Waals surface area contributed by atoms with Crippen LogP contribution in [0.3, 0.4) is 0 Å². The van der Waals surface area contributed by atoms with Crippen LogP contribution in [0.1, 0.15) is 40.0 Å². The van der Waals surface area contributed by atoms with Gasteiger partial charge in [0.15, 0.2) is 5.78 Å².